The van der Waals surface area contributed by atoms with E-state index in [4.69, 9.17) is 9.47 Å². The van der Waals surface area contributed by atoms with Gasteiger partial charge in [-0.05, 0) is 41.6 Å². The van der Waals surface area contributed by atoms with Crippen LogP contribution in [-0.4, -0.2) is 55.5 Å². The van der Waals surface area contributed by atoms with Gasteiger partial charge in [-0.3, -0.25) is 9.69 Å². The Labute approximate surface area is 193 Å². The second-order valence-corrected chi connectivity index (χ2v) is 9.01. The summed E-state index contributed by atoms with van der Waals surface area (Å²) < 4.78 is 12.9. The first kappa shape index (κ1) is 22.6. The Balaban J connectivity index is 1.32. The second kappa shape index (κ2) is 11.3. The van der Waals surface area contributed by atoms with Crippen LogP contribution in [0, 0.1) is 6.92 Å². The highest BCUT2D eigenvalue weighted by Gasteiger charge is 2.10. The number of nitrogens with one attached hydrogen (secondary N) is 1. The first-order valence-electron chi connectivity index (χ1n) is 11.2. The molecule has 1 fully saturated rings. The van der Waals surface area contributed by atoms with E-state index in [1.165, 1.54) is 10.4 Å². The average molecular weight is 454 g/mol. The summed E-state index contributed by atoms with van der Waals surface area (Å²) in [7, 11) is 0. The molecule has 0 bridgehead atoms. The molecule has 0 saturated carbocycles. The van der Waals surface area contributed by atoms with Gasteiger partial charge in [0.25, 0.3) is 5.56 Å². The van der Waals surface area contributed by atoms with E-state index in [-0.39, 0.29) is 5.56 Å². The van der Waals surface area contributed by atoms with Gasteiger partial charge < -0.3 is 19.4 Å². The number of rotatable bonds is 10. The molecule has 0 spiro atoms. The number of hydrogen-bond donors (Lipinski definition) is 1. The van der Waals surface area contributed by atoms with Crippen LogP contribution in [0.4, 0.5) is 5.69 Å². The van der Waals surface area contributed by atoms with Crippen molar-refractivity contribution in [2.24, 2.45) is 0 Å². The molecule has 6 nitrogen and oxygen atoms in total. The van der Waals surface area contributed by atoms with E-state index in [9.17, 15) is 4.79 Å². The molecular formula is C25H31N3O3S. The van der Waals surface area contributed by atoms with E-state index in [2.05, 4.69) is 40.7 Å². The highest BCUT2D eigenvalue weighted by Crippen LogP contribution is 2.20. The van der Waals surface area contributed by atoms with Crippen LogP contribution in [0.15, 0.2) is 58.8 Å². The number of nitrogens with zero attached hydrogens (tertiary/aromatic N) is 2. The van der Waals surface area contributed by atoms with Gasteiger partial charge in [-0.1, -0.05) is 18.2 Å². The Hall–Kier alpha value is -2.61. The molecule has 1 saturated heterocycles. The van der Waals surface area contributed by atoms with Crippen LogP contribution in [0.2, 0.25) is 0 Å². The van der Waals surface area contributed by atoms with Gasteiger partial charge in [-0.2, -0.15) is 0 Å². The topological polar surface area (TPSA) is 55.7 Å². The normalized spacial score (nSPS) is 14.4. The molecule has 1 N–H and O–H groups in total. The molecule has 7 heteroatoms. The third kappa shape index (κ3) is 6.22. The van der Waals surface area contributed by atoms with Crippen molar-refractivity contribution in [1.82, 2.24) is 9.47 Å². The van der Waals surface area contributed by atoms with Crippen molar-refractivity contribution in [3.8, 4) is 5.75 Å². The lowest BCUT2D eigenvalue weighted by Gasteiger charge is -2.26. The summed E-state index contributed by atoms with van der Waals surface area (Å²) in [6.45, 7) is 8.75. The van der Waals surface area contributed by atoms with Crippen molar-refractivity contribution in [3.63, 3.8) is 0 Å². The molecule has 1 aliphatic heterocycles. The number of anilines is 1. The third-order valence-corrected chi connectivity index (χ3v) is 6.73. The summed E-state index contributed by atoms with van der Waals surface area (Å²) in [6, 6.07) is 13.8. The molecule has 1 aliphatic rings. The number of morpholine rings is 1. The largest absolute Gasteiger partial charge is 0.493 e. The minimum atomic E-state index is -0.0521. The molecule has 0 atom stereocenters. The summed E-state index contributed by atoms with van der Waals surface area (Å²) in [5.74, 6) is 0.623. The van der Waals surface area contributed by atoms with Crippen LogP contribution in [0.3, 0.4) is 0 Å². The number of pyridine rings is 1. The Morgan fingerprint density at radius 2 is 2.03 bits per heavy atom. The molecule has 0 aliphatic carbocycles. The summed E-state index contributed by atoms with van der Waals surface area (Å²) in [6.07, 6.45) is 2.67. The minimum absolute atomic E-state index is 0.0521. The molecule has 170 valence electrons. The zero-order chi connectivity index (χ0) is 22.2. The van der Waals surface area contributed by atoms with Gasteiger partial charge >= 0.3 is 0 Å². The fourth-order valence-electron chi connectivity index (χ4n) is 3.84. The smallest absolute Gasteiger partial charge is 0.254 e. The quantitative estimate of drug-likeness (QED) is 0.508. The minimum Gasteiger partial charge on any atom is -0.493 e. The van der Waals surface area contributed by atoms with Gasteiger partial charge in [0.2, 0.25) is 0 Å². The predicted molar refractivity (Wildman–Crippen MR) is 130 cm³/mol. The number of benzene rings is 1. The molecule has 4 rings (SSSR count). The predicted octanol–water partition coefficient (Wildman–Crippen LogP) is 3.63. The van der Waals surface area contributed by atoms with Crippen LogP contribution in [0.25, 0.3) is 0 Å². The van der Waals surface area contributed by atoms with Gasteiger partial charge in [0.05, 0.1) is 26.4 Å². The van der Waals surface area contributed by atoms with E-state index in [0.717, 1.165) is 57.1 Å². The Morgan fingerprint density at radius 3 is 2.81 bits per heavy atom. The molecule has 0 radical (unpaired) electrons. The lowest BCUT2D eigenvalue weighted by atomic mass is 10.1. The van der Waals surface area contributed by atoms with Crippen molar-refractivity contribution in [2.75, 3.05) is 51.3 Å². The summed E-state index contributed by atoms with van der Waals surface area (Å²) in [5, 5.41) is 5.62. The summed E-state index contributed by atoms with van der Waals surface area (Å²) in [5.41, 5.74) is 3.38. The monoisotopic (exact) mass is 453 g/mol. The summed E-state index contributed by atoms with van der Waals surface area (Å²) in [4.78, 5) is 16.3. The fraction of sp³-hybridized carbons (Fsp3) is 0.400. The highest BCUT2D eigenvalue weighted by atomic mass is 32.1. The van der Waals surface area contributed by atoms with E-state index in [1.54, 1.807) is 22.0 Å². The number of aromatic nitrogens is 1. The zero-order valence-corrected chi connectivity index (χ0v) is 19.4. The molecule has 3 heterocycles. The van der Waals surface area contributed by atoms with Gasteiger partial charge in [0.1, 0.15) is 5.75 Å². The summed E-state index contributed by atoms with van der Waals surface area (Å²) >= 11 is 1.72. The lowest BCUT2D eigenvalue weighted by Crippen LogP contribution is -2.39. The van der Waals surface area contributed by atoms with Crippen LogP contribution < -0.4 is 15.6 Å². The van der Waals surface area contributed by atoms with Crippen LogP contribution in [-0.2, 0) is 17.7 Å². The van der Waals surface area contributed by atoms with E-state index < -0.39 is 0 Å². The standard InChI is InChI=1S/C25H31N3O3S/c1-20-21(4-2-6-24(20)26-9-11-27-12-15-30-16-13-27)19-28-10-7-22(18-25(28)29)31-14-8-23-5-3-17-32-23/h2-7,10,17-18,26H,8-9,11-16,19H2,1H3. The van der Waals surface area contributed by atoms with Crippen molar-refractivity contribution in [2.45, 2.75) is 19.9 Å². The molecular weight excluding hydrogens is 422 g/mol. The van der Waals surface area contributed by atoms with Crippen molar-refractivity contribution in [3.05, 3.63) is 80.4 Å². The molecule has 0 amide bonds. The second-order valence-electron chi connectivity index (χ2n) is 7.98. The van der Waals surface area contributed by atoms with Crippen LogP contribution >= 0.6 is 11.3 Å². The molecule has 2 aromatic heterocycles. The molecule has 3 aromatic rings. The average Bonchev–Trinajstić information content (AvgIpc) is 3.32. The first-order valence-corrected chi connectivity index (χ1v) is 12.0. The Bertz CT molecular complexity index is 1040. The van der Waals surface area contributed by atoms with E-state index >= 15 is 0 Å². The molecule has 0 unspecified atom stereocenters. The first-order chi connectivity index (χ1) is 15.7. The lowest BCUT2D eigenvalue weighted by molar-refractivity contribution is 0.0398. The van der Waals surface area contributed by atoms with Crippen LogP contribution in [0.5, 0.6) is 5.75 Å². The number of ether oxygens (including phenoxy) is 2. The number of thiophene rings is 1. The van der Waals surface area contributed by atoms with Crippen LogP contribution in [0.1, 0.15) is 16.0 Å². The highest BCUT2D eigenvalue weighted by molar-refractivity contribution is 7.09. The van der Waals surface area contributed by atoms with Gasteiger partial charge in [0, 0.05) is 55.4 Å². The van der Waals surface area contributed by atoms with Crippen molar-refractivity contribution < 1.29 is 9.47 Å². The maximum absolute atomic E-state index is 12.6. The van der Waals surface area contributed by atoms with Crippen molar-refractivity contribution >= 4 is 17.0 Å². The Kier molecular flexibility index (Phi) is 7.98. The van der Waals surface area contributed by atoms with Gasteiger partial charge in [0.15, 0.2) is 0 Å². The maximum atomic E-state index is 12.6. The molecule has 32 heavy (non-hydrogen) atoms. The fourth-order valence-corrected chi connectivity index (χ4v) is 4.53. The zero-order valence-electron chi connectivity index (χ0n) is 18.6. The molecule has 1 aromatic carbocycles. The SMILES string of the molecule is Cc1c(Cn2ccc(OCCc3cccs3)cc2=O)cccc1NCCN1CCOCC1. The third-order valence-electron chi connectivity index (χ3n) is 5.80. The van der Waals surface area contributed by atoms with Gasteiger partial charge in [-0.25, -0.2) is 0 Å². The van der Waals surface area contributed by atoms with Crippen molar-refractivity contribution in [1.29, 1.82) is 0 Å². The Morgan fingerprint density at radius 1 is 1.16 bits per heavy atom. The maximum Gasteiger partial charge on any atom is 0.254 e. The number of hydrogen-bond acceptors (Lipinski definition) is 6. The van der Waals surface area contributed by atoms with E-state index in [1.807, 2.05) is 24.4 Å². The van der Waals surface area contributed by atoms with E-state index in [0.29, 0.717) is 18.9 Å². The van der Waals surface area contributed by atoms with Gasteiger partial charge in [-0.15, -0.1) is 11.3 Å².